The van der Waals surface area contributed by atoms with Gasteiger partial charge >= 0.3 is 7.69 Å². The van der Waals surface area contributed by atoms with Crippen LogP contribution in [-0.2, 0) is 0 Å². The molecule has 1 aromatic heterocycles. The maximum atomic E-state index is 8.18. The Morgan fingerprint density at radius 2 is 2.40 bits per heavy atom. The molecule has 0 atom stereocenters. The molecule has 0 spiro atoms. The summed E-state index contributed by atoms with van der Waals surface area (Å²) in [5.41, 5.74) is 0. The standard InChI is InChI=1S/C5H4BClNO2/c7-4-2-1-3-5(8-4)10-6-9/h1-3,9H. The summed E-state index contributed by atoms with van der Waals surface area (Å²) < 4.78 is 4.52. The Kier molecular flexibility index (Phi) is 2.53. The van der Waals surface area contributed by atoms with E-state index in [9.17, 15) is 0 Å². The first kappa shape index (κ1) is 7.37. The lowest BCUT2D eigenvalue weighted by Crippen LogP contribution is -2.00. The Balaban J connectivity index is 2.75. The van der Waals surface area contributed by atoms with E-state index < -0.39 is 0 Å². The predicted molar refractivity (Wildman–Crippen MR) is 37.8 cm³/mol. The molecule has 0 saturated carbocycles. The predicted octanol–water partition coefficient (Wildman–Crippen LogP) is 0.640. The topological polar surface area (TPSA) is 42.4 Å². The van der Waals surface area contributed by atoms with E-state index in [1.165, 1.54) is 0 Å². The van der Waals surface area contributed by atoms with Crippen molar-refractivity contribution in [1.82, 2.24) is 4.98 Å². The minimum absolute atomic E-state index is 0.273. The van der Waals surface area contributed by atoms with Gasteiger partial charge in [0.2, 0.25) is 0 Å². The van der Waals surface area contributed by atoms with Crippen LogP contribution in [0.4, 0.5) is 0 Å². The SMILES string of the molecule is O[B]Oc1cccc(Cl)n1. The highest BCUT2D eigenvalue weighted by atomic mass is 35.5. The second-order valence-electron chi connectivity index (χ2n) is 1.52. The summed E-state index contributed by atoms with van der Waals surface area (Å²) in [5, 5.41) is 8.51. The van der Waals surface area contributed by atoms with Crippen LogP contribution >= 0.6 is 11.6 Å². The Morgan fingerprint density at radius 3 is 3.00 bits per heavy atom. The monoisotopic (exact) mass is 156 g/mol. The lowest BCUT2D eigenvalue weighted by Gasteiger charge is -1.97. The van der Waals surface area contributed by atoms with Crippen LogP contribution in [0.2, 0.25) is 5.15 Å². The minimum Gasteiger partial charge on any atom is -0.523 e. The Labute approximate surface area is 63.9 Å². The van der Waals surface area contributed by atoms with Gasteiger partial charge in [-0.1, -0.05) is 17.7 Å². The van der Waals surface area contributed by atoms with Crippen molar-refractivity contribution in [3.63, 3.8) is 0 Å². The first-order chi connectivity index (χ1) is 4.83. The van der Waals surface area contributed by atoms with Crippen LogP contribution in [-0.4, -0.2) is 17.7 Å². The maximum absolute atomic E-state index is 8.18. The molecule has 0 bridgehead atoms. The van der Waals surface area contributed by atoms with Gasteiger partial charge in [-0.05, 0) is 12.1 Å². The zero-order valence-corrected chi connectivity index (χ0v) is 5.75. The number of hydrogen-bond acceptors (Lipinski definition) is 3. The Bertz CT molecular complexity index is 221. The van der Waals surface area contributed by atoms with E-state index in [2.05, 4.69) is 9.64 Å². The molecule has 1 radical (unpaired) electrons. The van der Waals surface area contributed by atoms with Crippen LogP contribution in [0.15, 0.2) is 18.2 Å². The molecular formula is C5H4BClNO2. The van der Waals surface area contributed by atoms with Crippen molar-refractivity contribution in [3.05, 3.63) is 23.4 Å². The molecule has 1 heterocycles. The highest BCUT2D eigenvalue weighted by Gasteiger charge is 1.94. The summed E-state index contributed by atoms with van der Waals surface area (Å²) in [4.78, 5) is 3.71. The van der Waals surface area contributed by atoms with Crippen molar-refractivity contribution >= 4 is 19.3 Å². The van der Waals surface area contributed by atoms with E-state index >= 15 is 0 Å². The zero-order valence-electron chi connectivity index (χ0n) is 4.99. The average molecular weight is 156 g/mol. The summed E-state index contributed by atoms with van der Waals surface area (Å²) in [5.74, 6) is 0.273. The van der Waals surface area contributed by atoms with Crippen LogP contribution in [0.5, 0.6) is 5.88 Å². The number of nitrogens with zero attached hydrogens (tertiary/aromatic N) is 1. The van der Waals surface area contributed by atoms with Crippen LogP contribution in [0.3, 0.4) is 0 Å². The van der Waals surface area contributed by atoms with E-state index in [1.54, 1.807) is 18.2 Å². The molecule has 0 aliphatic rings. The number of aromatic nitrogens is 1. The molecule has 0 aliphatic carbocycles. The van der Waals surface area contributed by atoms with Gasteiger partial charge in [0.05, 0.1) is 0 Å². The van der Waals surface area contributed by atoms with Gasteiger partial charge in [0.15, 0.2) is 5.88 Å². The molecule has 0 saturated heterocycles. The second kappa shape index (κ2) is 3.44. The third-order valence-corrected chi connectivity index (χ3v) is 1.07. The molecule has 3 nitrogen and oxygen atoms in total. The normalized spacial score (nSPS) is 9.00. The molecule has 1 aromatic rings. The molecule has 1 rings (SSSR count). The largest absolute Gasteiger partial charge is 0.570 e. The van der Waals surface area contributed by atoms with Crippen LogP contribution in [0, 0.1) is 0 Å². The first-order valence-corrected chi connectivity index (χ1v) is 2.96. The molecular weight excluding hydrogens is 152 g/mol. The van der Waals surface area contributed by atoms with Crippen molar-refractivity contribution in [2.45, 2.75) is 0 Å². The Morgan fingerprint density at radius 1 is 1.60 bits per heavy atom. The molecule has 1 N–H and O–H groups in total. The number of halogens is 1. The quantitative estimate of drug-likeness (QED) is 0.505. The fourth-order valence-electron chi connectivity index (χ4n) is 0.509. The van der Waals surface area contributed by atoms with Crippen molar-refractivity contribution < 1.29 is 9.68 Å². The summed E-state index contributed by atoms with van der Waals surface area (Å²) in [6.07, 6.45) is 0. The van der Waals surface area contributed by atoms with Gasteiger partial charge in [0, 0.05) is 0 Å². The molecule has 10 heavy (non-hydrogen) atoms. The van der Waals surface area contributed by atoms with Gasteiger partial charge in [-0.25, -0.2) is 4.98 Å². The van der Waals surface area contributed by atoms with E-state index in [0.717, 1.165) is 0 Å². The highest BCUT2D eigenvalue weighted by molar-refractivity contribution is 6.29. The van der Waals surface area contributed by atoms with Crippen molar-refractivity contribution in [2.24, 2.45) is 0 Å². The third kappa shape index (κ3) is 1.90. The molecule has 51 valence electrons. The first-order valence-electron chi connectivity index (χ1n) is 2.58. The number of rotatable bonds is 2. The van der Waals surface area contributed by atoms with E-state index in [4.69, 9.17) is 16.6 Å². The van der Waals surface area contributed by atoms with Crippen molar-refractivity contribution in [1.29, 1.82) is 0 Å². The summed E-state index contributed by atoms with van der Waals surface area (Å²) in [6.45, 7) is 0. The third-order valence-electron chi connectivity index (χ3n) is 0.863. The number of hydrogen-bond donors (Lipinski definition) is 1. The zero-order chi connectivity index (χ0) is 7.40. The lowest BCUT2D eigenvalue weighted by atomic mass is 10.4. The maximum Gasteiger partial charge on any atom is 0.570 e. The average Bonchev–Trinajstić information content (AvgIpc) is 1.88. The summed E-state index contributed by atoms with van der Waals surface area (Å²) in [7, 11) is 0.554. The van der Waals surface area contributed by atoms with Gasteiger partial charge in [-0.15, -0.1) is 0 Å². The van der Waals surface area contributed by atoms with E-state index in [0.29, 0.717) is 12.8 Å². The van der Waals surface area contributed by atoms with Gasteiger partial charge in [-0.2, -0.15) is 0 Å². The smallest absolute Gasteiger partial charge is 0.523 e. The molecule has 0 aromatic carbocycles. The number of pyridine rings is 1. The van der Waals surface area contributed by atoms with Crippen molar-refractivity contribution in [3.8, 4) is 5.88 Å². The molecule has 0 aliphatic heterocycles. The molecule has 5 heteroatoms. The molecule has 0 amide bonds. The second-order valence-corrected chi connectivity index (χ2v) is 1.91. The van der Waals surface area contributed by atoms with Gasteiger partial charge < -0.3 is 9.68 Å². The van der Waals surface area contributed by atoms with Gasteiger partial charge in [0.25, 0.3) is 0 Å². The van der Waals surface area contributed by atoms with Gasteiger partial charge in [0.1, 0.15) is 5.15 Å². The van der Waals surface area contributed by atoms with Crippen molar-refractivity contribution in [2.75, 3.05) is 0 Å². The van der Waals surface area contributed by atoms with Crippen LogP contribution in [0.25, 0.3) is 0 Å². The van der Waals surface area contributed by atoms with Crippen LogP contribution < -0.4 is 4.65 Å². The Hall–Kier alpha value is -0.735. The van der Waals surface area contributed by atoms with Crippen LogP contribution in [0.1, 0.15) is 0 Å². The summed E-state index contributed by atoms with van der Waals surface area (Å²) >= 11 is 5.49. The fraction of sp³-hybridized carbons (Fsp3) is 0. The van der Waals surface area contributed by atoms with E-state index in [-0.39, 0.29) is 5.88 Å². The van der Waals surface area contributed by atoms with Gasteiger partial charge in [-0.3, -0.25) is 0 Å². The highest BCUT2D eigenvalue weighted by Crippen LogP contribution is 2.10. The summed E-state index contributed by atoms with van der Waals surface area (Å²) in [6, 6.07) is 4.87. The minimum atomic E-state index is 0.273. The fourth-order valence-corrected chi connectivity index (χ4v) is 0.665. The molecule has 0 unspecified atom stereocenters. The lowest BCUT2D eigenvalue weighted by molar-refractivity contribution is 0.443. The molecule has 0 fully saturated rings. The van der Waals surface area contributed by atoms with E-state index in [1.807, 2.05) is 0 Å².